The lowest BCUT2D eigenvalue weighted by molar-refractivity contribution is -0.156. The van der Waals surface area contributed by atoms with Gasteiger partial charge in [-0.05, 0) is 57.1 Å². The van der Waals surface area contributed by atoms with Gasteiger partial charge in [0, 0.05) is 37.3 Å². The van der Waals surface area contributed by atoms with E-state index < -0.39 is 18.7 Å². The van der Waals surface area contributed by atoms with Crippen molar-refractivity contribution in [3.63, 3.8) is 0 Å². The van der Waals surface area contributed by atoms with Gasteiger partial charge >= 0.3 is 6.18 Å². The van der Waals surface area contributed by atoms with Crippen LogP contribution in [-0.2, 0) is 0 Å². The molecular formula is C20H29F4N5. The maximum atomic E-state index is 14.6. The first-order valence-electron chi connectivity index (χ1n) is 10.3. The fourth-order valence-electron chi connectivity index (χ4n) is 5.46. The smallest absolute Gasteiger partial charge is 0.379 e. The van der Waals surface area contributed by atoms with Crippen molar-refractivity contribution in [3.05, 3.63) is 18.1 Å². The molecule has 1 spiro atoms. The van der Waals surface area contributed by atoms with Gasteiger partial charge < -0.3 is 16.0 Å². The summed E-state index contributed by atoms with van der Waals surface area (Å²) in [5.74, 6) is -0.0970. The van der Waals surface area contributed by atoms with Gasteiger partial charge in [0.2, 0.25) is 5.95 Å². The first kappa shape index (κ1) is 20.7. The minimum atomic E-state index is -4.23. The van der Waals surface area contributed by atoms with Crippen LogP contribution in [0.15, 0.2) is 12.1 Å². The Morgan fingerprint density at radius 2 is 1.76 bits per heavy atom. The molecule has 5 nitrogen and oxygen atoms in total. The van der Waals surface area contributed by atoms with Crippen LogP contribution < -0.4 is 16.0 Å². The number of pyridine rings is 1. The number of piperazine rings is 1. The summed E-state index contributed by atoms with van der Waals surface area (Å²) >= 11 is 0. The van der Waals surface area contributed by atoms with Gasteiger partial charge in [-0.3, -0.25) is 4.90 Å². The number of halogens is 4. The lowest BCUT2D eigenvalue weighted by Crippen LogP contribution is -2.59. The van der Waals surface area contributed by atoms with Crippen LogP contribution in [0.25, 0.3) is 0 Å². The van der Waals surface area contributed by atoms with E-state index in [9.17, 15) is 17.6 Å². The number of nitrogens with one attached hydrogen (secondary N) is 1. The van der Waals surface area contributed by atoms with Gasteiger partial charge in [0.05, 0.1) is 12.2 Å². The highest BCUT2D eigenvalue weighted by Gasteiger charge is 2.51. The number of aromatic nitrogens is 1. The molecule has 0 aromatic carbocycles. The summed E-state index contributed by atoms with van der Waals surface area (Å²) in [5.41, 5.74) is 6.63. The van der Waals surface area contributed by atoms with E-state index >= 15 is 0 Å². The molecule has 1 aromatic heterocycles. The molecule has 4 rings (SSSR count). The number of hydrogen-bond acceptors (Lipinski definition) is 5. The molecule has 3 fully saturated rings. The minimum absolute atomic E-state index is 0.246. The zero-order valence-corrected chi connectivity index (χ0v) is 16.8. The summed E-state index contributed by atoms with van der Waals surface area (Å²) in [6.45, 7) is 3.36. The van der Waals surface area contributed by atoms with E-state index in [0.717, 1.165) is 25.7 Å². The fraction of sp³-hybridized carbons (Fsp3) is 0.750. The van der Waals surface area contributed by atoms with E-state index in [-0.39, 0.29) is 18.1 Å². The second-order valence-electron chi connectivity index (χ2n) is 9.32. The third kappa shape index (κ3) is 4.30. The average Bonchev–Trinajstić information content (AvgIpc) is 2.55. The highest BCUT2D eigenvalue weighted by atomic mass is 19.4. The third-order valence-corrected chi connectivity index (χ3v) is 6.73. The van der Waals surface area contributed by atoms with Gasteiger partial charge in [0.25, 0.3) is 0 Å². The average molecular weight is 415 g/mol. The van der Waals surface area contributed by atoms with Gasteiger partial charge in [0.1, 0.15) is 5.82 Å². The van der Waals surface area contributed by atoms with Crippen LogP contribution in [-0.4, -0.2) is 59.9 Å². The Bertz CT molecular complexity index is 729. The summed E-state index contributed by atoms with van der Waals surface area (Å²) in [5, 5.41) is 3.24. The second-order valence-corrected chi connectivity index (χ2v) is 9.32. The molecular weight excluding hydrogens is 386 g/mol. The predicted molar refractivity (Wildman–Crippen MR) is 104 cm³/mol. The Morgan fingerprint density at radius 3 is 2.28 bits per heavy atom. The minimum Gasteiger partial charge on any atom is -0.379 e. The molecule has 3 N–H and O–H groups in total. The second kappa shape index (κ2) is 7.27. The van der Waals surface area contributed by atoms with E-state index in [0.29, 0.717) is 36.1 Å². The van der Waals surface area contributed by atoms with Crippen molar-refractivity contribution in [1.82, 2.24) is 9.88 Å². The predicted octanol–water partition coefficient (Wildman–Crippen LogP) is 3.36. The van der Waals surface area contributed by atoms with Gasteiger partial charge in [-0.1, -0.05) is 0 Å². The molecule has 3 aliphatic rings. The maximum Gasteiger partial charge on any atom is 0.401 e. The van der Waals surface area contributed by atoms with Crippen molar-refractivity contribution >= 4 is 11.5 Å². The number of nitrogens with zero attached hydrogens (tertiary/aromatic N) is 3. The highest BCUT2D eigenvalue weighted by molar-refractivity contribution is 5.51. The molecule has 1 saturated heterocycles. The van der Waals surface area contributed by atoms with Gasteiger partial charge in [-0.2, -0.15) is 17.6 Å². The standard InChI is InChI=1S/C20H29F4N5/c1-12-9-28(10-13(2)29(12)11-20(22,23)24)17-4-3-16(18(21)27-17)26-15-7-19(8-15)5-14(25)6-19/h3-4,12-15,26H,5-11,25H2,1-2H3. The largest absolute Gasteiger partial charge is 0.401 e. The number of rotatable bonds is 4. The summed E-state index contributed by atoms with van der Waals surface area (Å²) in [6.07, 6.45) is -0.0910. The van der Waals surface area contributed by atoms with E-state index in [4.69, 9.17) is 5.73 Å². The lowest BCUT2D eigenvalue weighted by Gasteiger charge is -2.57. The molecule has 2 unspecified atom stereocenters. The number of hydrogen-bond donors (Lipinski definition) is 2. The Kier molecular flexibility index (Phi) is 5.17. The molecule has 1 aliphatic heterocycles. The van der Waals surface area contributed by atoms with E-state index in [2.05, 4.69) is 10.3 Å². The van der Waals surface area contributed by atoms with Crippen molar-refractivity contribution in [2.24, 2.45) is 11.1 Å². The Morgan fingerprint density at radius 1 is 1.14 bits per heavy atom. The Balaban J connectivity index is 1.36. The summed E-state index contributed by atoms with van der Waals surface area (Å²) in [7, 11) is 0. The van der Waals surface area contributed by atoms with Crippen molar-refractivity contribution in [2.45, 2.75) is 69.9 Å². The summed E-state index contributed by atoms with van der Waals surface area (Å²) in [6, 6.07) is 3.39. The normalized spacial score (nSPS) is 35.3. The van der Waals surface area contributed by atoms with E-state index in [1.54, 1.807) is 26.0 Å². The first-order chi connectivity index (χ1) is 13.5. The molecule has 1 aromatic rings. The first-order valence-corrected chi connectivity index (χ1v) is 10.3. The number of anilines is 2. The summed E-state index contributed by atoms with van der Waals surface area (Å²) in [4.78, 5) is 7.41. The van der Waals surface area contributed by atoms with Crippen LogP contribution in [0.4, 0.5) is 29.1 Å². The molecule has 2 atom stereocenters. The monoisotopic (exact) mass is 415 g/mol. The lowest BCUT2D eigenvalue weighted by atomic mass is 9.52. The van der Waals surface area contributed by atoms with E-state index in [1.165, 1.54) is 4.90 Å². The zero-order valence-electron chi connectivity index (χ0n) is 16.8. The van der Waals surface area contributed by atoms with Crippen LogP contribution in [0.2, 0.25) is 0 Å². The van der Waals surface area contributed by atoms with Gasteiger partial charge in [0.15, 0.2) is 0 Å². The molecule has 29 heavy (non-hydrogen) atoms. The Labute approximate surface area is 168 Å². The molecule has 2 saturated carbocycles. The fourth-order valence-corrected chi connectivity index (χ4v) is 5.46. The quantitative estimate of drug-likeness (QED) is 0.583. The molecule has 0 radical (unpaired) electrons. The van der Waals surface area contributed by atoms with E-state index in [1.807, 2.05) is 4.90 Å². The van der Waals surface area contributed by atoms with Crippen LogP contribution in [0.1, 0.15) is 39.5 Å². The van der Waals surface area contributed by atoms with Crippen molar-refractivity contribution < 1.29 is 17.6 Å². The summed E-state index contributed by atoms with van der Waals surface area (Å²) < 4.78 is 53.0. The highest BCUT2D eigenvalue weighted by Crippen LogP contribution is 2.55. The molecule has 162 valence electrons. The van der Waals surface area contributed by atoms with Crippen LogP contribution in [0.3, 0.4) is 0 Å². The molecule has 0 bridgehead atoms. The number of nitrogens with two attached hydrogens (primary N) is 1. The molecule has 9 heteroatoms. The molecule has 2 heterocycles. The van der Waals surface area contributed by atoms with Crippen LogP contribution in [0, 0.1) is 11.4 Å². The van der Waals surface area contributed by atoms with Crippen molar-refractivity contribution in [3.8, 4) is 0 Å². The van der Waals surface area contributed by atoms with Crippen LogP contribution in [0.5, 0.6) is 0 Å². The SMILES string of the molecule is CC1CN(c2ccc(NC3CC4(CC(N)C4)C3)c(F)n2)CC(C)N1CC(F)(F)F. The topological polar surface area (TPSA) is 57.4 Å². The Hall–Kier alpha value is -1.61. The third-order valence-electron chi connectivity index (χ3n) is 6.73. The molecule has 0 amide bonds. The van der Waals surface area contributed by atoms with Gasteiger partial charge in [-0.25, -0.2) is 4.98 Å². The zero-order chi connectivity index (χ0) is 21.0. The van der Waals surface area contributed by atoms with Crippen molar-refractivity contribution in [2.75, 3.05) is 29.9 Å². The van der Waals surface area contributed by atoms with Gasteiger partial charge in [-0.15, -0.1) is 0 Å². The van der Waals surface area contributed by atoms with Crippen LogP contribution >= 0.6 is 0 Å². The van der Waals surface area contributed by atoms with Crippen molar-refractivity contribution in [1.29, 1.82) is 0 Å². The number of alkyl halides is 3. The maximum absolute atomic E-state index is 14.6. The molecule has 2 aliphatic carbocycles.